The summed E-state index contributed by atoms with van der Waals surface area (Å²) in [4.78, 5) is 4.20. The Morgan fingerprint density at radius 1 is 1.17 bits per heavy atom. The molecule has 2 N–H and O–H groups in total. The Kier molecular flexibility index (Phi) is 2.80. The highest BCUT2D eigenvalue weighted by molar-refractivity contribution is 6.42. The number of hydrogen-bond donors (Lipinski definition) is 1. The van der Waals surface area contributed by atoms with Crippen molar-refractivity contribution in [3.63, 3.8) is 0 Å². The molecule has 1 aromatic carbocycles. The molecule has 0 radical (unpaired) electrons. The van der Waals surface area contributed by atoms with Crippen LogP contribution in [0.15, 0.2) is 23.2 Å². The molecule has 3 atom stereocenters. The van der Waals surface area contributed by atoms with Crippen molar-refractivity contribution in [2.24, 2.45) is 21.6 Å². The van der Waals surface area contributed by atoms with E-state index in [1.807, 2.05) is 0 Å². The Labute approximate surface area is 142 Å². The second kappa shape index (κ2) is 4.37. The van der Waals surface area contributed by atoms with Gasteiger partial charge in [0.05, 0.1) is 35.4 Å². The summed E-state index contributed by atoms with van der Waals surface area (Å²) < 4.78 is 11.3. The number of amidine groups is 1. The van der Waals surface area contributed by atoms with Gasteiger partial charge in [0.15, 0.2) is 5.41 Å². The van der Waals surface area contributed by atoms with Crippen molar-refractivity contribution >= 4 is 29.0 Å². The standard InChI is InChI=1S/C15H10Cl2N4O2/c16-9-2-1-8(5-10(9)17)11-13(6-18)12(20)21-15(14(11,13)7-19)22-3-4-23-15/h1-2,5,11H,3-4H2,(H2,20,21). The predicted molar refractivity (Wildman–Crippen MR) is 81.6 cm³/mol. The molecular formula is C15H10Cl2N4O2. The summed E-state index contributed by atoms with van der Waals surface area (Å²) >= 11 is 12.0. The van der Waals surface area contributed by atoms with Crippen molar-refractivity contribution in [3.8, 4) is 12.1 Å². The van der Waals surface area contributed by atoms with Crippen molar-refractivity contribution < 1.29 is 9.47 Å². The topological polar surface area (TPSA) is 104 Å². The molecule has 8 heteroatoms. The molecule has 2 aliphatic heterocycles. The lowest BCUT2D eigenvalue weighted by molar-refractivity contribution is -0.184. The average Bonchev–Trinajstić information content (AvgIpc) is 2.79. The van der Waals surface area contributed by atoms with Crippen molar-refractivity contribution in [2.75, 3.05) is 13.2 Å². The second-order valence-electron chi connectivity index (χ2n) is 5.72. The van der Waals surface area contributed by atoms with E-state index < -0.39 is 22.7 Å². The molecule has 0 aromatic heterocycles. The van der Waals surface area contributed by atoms with E-state index in [2.05, 4.69) is 17.1 Å². The van der Waals surface area contributed by atoms with Crippen LogP contribution in [0, 0.1) is 33.5 Å². The zero-order chi connectivity index (χ0) is 16.5. The number of rotatable bonds is 1. The van der Waals surface area contributed by atoms with Gasteiger partial charge < -0.3 is 15.2 Å². The number of halogens is 2. The Morgan fingerprint density at radius 2 is 1.87 bits per heavy atom. The van der Waals surface area contributed by atoms with Crippen LogP contribution in [0.1, 0.15) is 11.5 Å². The molecule has 1 aliphatic carbocycles. The molecule has 6 nitrogen and oxygen atoms in total. The number of hydrogen-bond acceptors (Lipinski definition) is 6. The number of ether oxygens (including phenoxy) is 2. The SMILES string of the molecule is N#CC12C(N)=NC3(OCCO3)C1(C#N)C2c1ccc(Cl)c(Cl)c1. The fraction of sp³-hybridized carbons (Fsp3) is 0.400. The van der Waals surface area contributed by atoms with Gasteiger partial charge in [-0.3, -0.25) is 0 Å². The average molecular weight is 349 g/mol. The minimum Gasteiger partial charge on any atom is -0.386 e. The van der Waals surface area contributed by atoms with E-state index in [9.17, 15) is 10.5 Å². The predicted octanol–water partition coefficient (Wildman–Crippen LogP) is 2.18. The third-order valence-electron chi connectivity index (χ3n) is 4.88. The lowest BCUT2D eigenvalue weighted by Gasteiger charge is -2.25. The summed E-state index contributed by atoms with van der Waals surface area (Å²) in [6.07, 6.45) is 0. The number of fused-ring (bicyclic) bond motifs is 2. The molecule has 116 valence electrons. The van der Waals surface area contributed by atoms with Gasteiger partial charge in [-0.15, -0.1) is 0 Å². The summed E-state index contributed by atoms with van der Waals surface area (Å²) in [6, 6.07) is 9.38. The van der Waals surface area contributed by atoms with Crippen LogP contribution in [0.25, 0.3) is 0 Å². The first-order valence-electron chi connectivity index (χ1n) is 6.90. The molecular weight excluding hydrogens is 339 g/mol. The number of nitriles is 2. The Hall–Kier alpha value is -1.83. The van der Waals surface area contributed by atoms with Crippen molar-refractivity contribution in [1.82, 2.24) is 0 Å². The number of benzene rings is 1. The molecule has 1 saturated heterocycles. The van der Waals surface area contributed by atoms with Crippen LogP contribution in [-0.4, -0.2) is 25.0 Å². The summed E-state index contributed by atoms with van der Waals surface area (Å²) in [5, 5.41) is 20.4. The Morgan fingerprint density at radius 3 is 2.43 bits per heavy atom. The summed E-state index contributed by atoms with van der Waals surface area (Å²) in [5.74, 6) is -2.02. The fourth-order valence-corrected chi connectivity index (χ4v) is 4.22. The lowest BCUT2D eigenvalue weighted by Crippen LogP contribution is -2.38. The zero-order valence-electron chi connectivity index (χ0n) is 11.7. The van der Waals surface area contributed by atoms with Crippen LogP contribution < -0.4 is 5.73 Å². The van der Waals surface area contributed by atoms with Gasteiger partial charge in [-0.1, -0.05) is 29.3 Å². The van der Waals surface area contributed by atoms with Crippen LogP contribution in [0.2, 0.25) is 10.0 Å². The summed E-state index contributed by atoms with van der Waals surface area (Å²) in [7, 11) is 0. The van der Waals surface area contributed by atoms with Crippen LogP contribution in [0.5, 0.6) is 0 Å². The highest BCUT2D eigenvalue weighted by Gasteiger charge is 2.94. The smallest absolute Gasteiger partial charge is 0.293 e. The van der Waals surface area contributed by atoms with Gasteiger partial charge in [-0.25, -0.2) is 4.99 Å². The normalized spacial score (nSPS) is 36.2. The number of nitrogens with two attached hydrogens (primary N) is 1. The highest BCUT2D eigenvalue weighted by atomic mass is 35.5. The van der Waals surface area contributed by atoms with E-state index in [1.54, 1.807) is 18.2 Å². The molecule has 0 amide bonds. The van der Waals surface area contributed by atoms with Gasteiger partial charge in [-0.2, -0.15) is 10.5 Å². The molecule has 4 rings (SSSR count). The Bertz CT molecular complexity index is 837. The first kappa shape index (κ1) is 14.7. The zero-order valence-corrected chi connectivity index (χ0v) is 13.2. The molecule has 1 aromatic rings. The third-order valence-corrected chi connectivity index (χ3v) is 5.62. The highest BCUT2D eigenvalue weighted by Crippen LogP contribution is 2.82. The molecule has 0 bridgehead atoms. The molecule has 1 spiro atoms. The molecule has 23 heavy (non-hydrogen) atoms. The van der Waals surface area contributed by atoms with Gasteiger partial charge in [0.2, 0.25) is 0 Å². The van der Waals surface area contributed by atoms with Crippen molar-refractivity contribution in [1.29, 1.82) is 10.5 Å². The lowest BCUT2D eigenvalue weighted by atomic mass is 9.94. The summed E-state index contributed by atoms with van der Waals surface area (Å²) in [6.45, 7) is 0.575. The maximum Gasteiger partial charge on any atom is 0.293 e. The monoisotopic (exact) mass is 348 g/mol. The van der Waals surface area contributed by atoms with Gasteiger partial charge in [0.1, 0.15) is 11.3 Å². The van der Waals surface area contributed by atoms with Crippen molar-refractivity contribution in [2.45, 2.75) is 11.8 Å². The molecule has 2 heterocycles. The molecule has 3 unspecified atom stereocenters. The third kappa shape index (κ3) is 1.39. The van der Waals surface area contributed by atoms with E-state index in [-0.39, 0.29) is 19.0 Å². The van der Waals surface area contributed by atoms with E-state index in [0.29, 0.717) is 15.6 Å². The van der Waals surface area contributed by atoms with E-state index in [1.165, 1.54) is 0 Å². The van der Waals surface area contributed by atoms with Crippen LogP contribution in [-0.2, 0) is 9.47 Å². The Balaban J connectivity index is 1.93. The minimum atomic E-state index is -1.53. The largest absolute Gasteiger partial charge is 0.386 e. The van der Waals surface area contributed by atoms with E-state index in [4.69, 9.17) is 38.4 Å². The molecule has 3 aliphatic rings. The van der Waals surface area contributed by atoms with Crippen LogP contribution in [0.3, 0.4) is 0 Å². The first-order valence-corrected chi connectivity index (χ1v) is 7.66. The number of aliphatic imine (C=N–C) groups is 1. The fourth-order valence-electron chi connectivity index (χ4n) is 3.91. The second-order valence-corrected chi connectivity index (χ2v) is 6.54. The minimum absolute atomic E-state index is 0.0551. The molecule has 1 saturated carbocycles. The van der Waals surface area contributed by atoms with E-state index in [0.717, 1.165) is 0 Å². The quantitative estimate of drug-likeness (QED) is 0.837. The first-order chi connectivity index (χ1) is 11.0. The maximum absolute atomic E-state index is 9.91. The van der Waals surface area contributed by atoms with Gasteiger partial charge >= 0.3 is 0 Å². The number of nitrogens with zero attached hydrogens (tertiary/aromatic N) is 3. The van der Waals surface area contributed by atoms with E-state index >= 15 is 0 Å². The van der Waals surface area contributed by atoms with Crippen LogP contribution >= 0.6 is 23.2 Å². The van der Waals surface area contributed by atoms with Crippen LogP contribution in [0.4, 0.5) is 0 Å². The van der Waals surface area contributed by atoms with Gasteiger partial charge in [0.25, 0.3) is 5.91 Å². The molecule has 2 fully saturated rings. The summed E-state index contributed by atoms with van der Waals surface area (Å²) in [5.41, 5.74) is 4.10. The van der Waals surface area contributed by atoms with Crippen molar-refractivity contribution in [3.05, 3.63) is 33.8 Å². The van der Waals surface area contributed by atoms with Gasteiger partial charge in [-0.05, 0) is 17.7 Å². The van der Waals surface area contributed by atoms with Gasteiger partial charge in [0, 0.05) is 5.92 Å². The maximum atomic E-state index is 9.91.